The highest BCUT2D eigenvalue weighted by molar-refractivity contribution is 7.97. The van der Waals surface area contributed by atoms with Crippen molar-refractivity contribution in [1.29, 1.82) is 0 Å². The van der Waals surface area contributed by atoms with Crippen LogP contribution in [0.5, 0.6) is 5.75 Å². The molecule has 0 spiro atoms. The molecular formula is C10H12O4S2. The fraction of sp³-hybridized carbons (Fsp3) is 0.200. The summed E-state index contributed by atoms with van der Waals surface area (Å²) in [5.41, 5.74) is 0.242. The highest BCUT2D eigenvalue weighted by Gasteiger charge is 2.03. The van der Waals surface area contributed by atoms with Gasteiger partial charge in [0.25, 0.3) is 0 Å². The molecule has 88 valence electrons. The maximum absolute atomic E-state index is 10.6. The van der Waals surface area contributed by atoms with E-state index in [9.17, 15) is 9.59 Å². The van der Waals surface area contributed by atoms with E-state index >= 15 is 0 Å². The van der Waals surface area contributed by atoms with E-state index in [2.05, 4.69) is 25.3 Å². The molecule has 0 radical (unpaired) electrons. The van der Waals surface area contributed by atoms with Crippen LogP contribution in [0, 0.1) is 0 Å². The first-order valence-electron chi connectivity index (χ1n) is 4.28. The predicted octanol–water partition coefficient (Wildman–Crippen LogP) is 1.29. The zero-order valence-corrected chi connectivity index (χ0v) is 10.3. The van der Waals surface area contributed by atoms with Crippen LogP contribution in [0.3, 0.4) is 0 Å². The van der Waals surface area contributed by atoms with Crippen molar-refractivity contribution in [2.45, 2.75) is 13.0 Å². The van der Waals surface area contributed by atoms with Crippen molar-refractivity contribution in [2.75, 3.05) is 0 Å². The van der Waals surface area contributed by atoms with Gasteiger partial charge in [0.2, 0.25) is 10.2 Å². The van der Waals surface area contributed by atoms with Gasteiger partial charge < -0.3 is 10.2 Å². The summed E-state index contributed by atoms with van der Waals surface area (Å²) in [6.45, 7) is 1.37. The molecule has 1 unspecified atom stereocenters. The van der Waals surface area contributed by atoms with Crippen LogP contribution in [0.1, 0.15) is 17.3 Å². The van der Waals surface area contributed by atoms with E-state index < -0.39 is 16.3 Å². The summed E-state index contributed by atoms with van der Waals surface area (Å²) in [4.78, 5) is 20.3. The number of para-hydroxylation sites is 1. The molecule has 2 N–H and O–H groups in total. The number of rotatable bonds is 2. The van der Waals surface area contributed by atoms with E-state index in [4.69, 9.17) is 10.2 Å². The SMILES string of the molecule is CC(O)C(=O)S.O=C(S)c1ccccc1O. The molecule has 1 aromatic rings. The first-order chi connectivity index (χ1) is 7.36. The van der Waals surface area contributed by atoms with Crippen LogP contribution < -0.4 is 0 Å². The van der Waals surface area contributed by atoms with E-state index in [0.29, 0.717) is 0 Å². The second-order valence-corrected chi connectivity index (χ2v) is 3.68. The van der Waals surface area contributed by atoms with Crippen LogP contribution in [0.4, 0.5) is 0 Å². The monoisotopic (exact) mass is 260 g/mol. The smallest absolute Gasteiger partial charge is 0.220 e. The van der Waals surface area contributed by atoms with Crippen LogP contribution in [0.2, 0.25) is 0 Å². The molecule has 0 aliphatic heterocycles. The second-order valence-electron chi connectivity index (χ2n) is 2.84. The van der Waals surface area contributed by atoms with Crippen LogP contribution >= 0.6 is 25.3 Å². The van der Waals surface area contributed by atoms with Crippen LogP contribution in [0.15, 0.2) is 24.3 Å². The summed E-state index contributed by atoms with van der Waals surface area (Å²) >= 11 is 6.86. The van der Waals surface area contributed by atoms with Crippen molar-refractivity contribution in [2.24, 2.45) is 0 Å². The highest BCUT2D eigenvalue weighted by atomic mass is 32.1. The van der Waals surface area contributed by atoms with Gasteiger partial charge in [0.05, 0.1) is 5.56 Å². The van der Waals surface area contributed by atoms with Gasteiger partial charge in [-0.25, -0.2) is 0 Å². The van der Waals surface area contributed by atoms with E-state index in [0.717, 1.165) is 0 Å². The molecule has 1 atom stereocenters. The quantitative estimate of drug-likeness (QED) is 0.604. The second kappa shape index (κ2) is 7.32. The lowest BCUT2D eigenvalue weighted by atomic mass is 10.2. The molecule has 0 fully saturated rings. The maximum atomic E-state index is 10.6. The summed E-state index contributed by atoms with van der Waals surface area (Å²) in [5.74, 6) is -0.0255. The number of carbonyl (C=O) groups excluding carboxylic acids is 2. The van der Waals surface area contributed by atoms with E-state index in [1.54, 1.807) is 12.1 Å². The molecule has 6 heteroatoms. The van der Waals surface area contributed by atoms with E-state index in [-0.39, 0.29) is 11.3 Å². The van der Waals surface area contributed by atoms with Crippen LogP contribution in [0.25, 0.3) is 0 Å². The average molecular weight is 260 g/mol. The zero-order valence-electron chi connectivity index (χ0n) is 8.49. The Balaban J connectivity index is 0.000000325. The Morgan fingerprint density at radius 1 is 1.25 bits per heavy atom. The Kier molecular flexibility index (Phi) is 6.87. The lowest BCUT2D eigenvalue weighted by Gasteiger charge is -1.95. The maximum Gasteiger partial charge on any atom is 0.220 e. The zero-order chi connectivity index (χ0) is 12.7. The summed E-state index contributed by atoms with van der Waals surface area (Å²) in [5, 5.41) is 16.3. The minimum absolute atomic E-state index is 0.0255. The molecule has 0 bridgehead atoms. The summed E-state index contributed by atoms with van der Waals surface area (Å²) in [6.07, 6.45) is -0.923. The van der Waals surface area contributed by atoms with Gasteiger partial charge in [-0.3, -0.25) is 9.59 Å². The normalized spacial score (nSPS) is 11.0. The highest BCUT2D eigenvalue weighted by Crippen LogP contribution is 2.16. The van der Waals surface area contributed by atoms with Gasteiger partial charge in [-0.2, -0.15) is 0 Å². The third-order valence-corrected chi connectivity index (χ3v) is 2.11. The molecule has 0 aromatic heterocycles. The van der Waals surface area contributed by atoms with Gasteiger partial charge in [0, 0.05) is 0 Å². The Morgan fingerprint density at radius 3 is 1.94 bits per heavy atom. The number of aliphatic hydroxyl groups excluding tert-OH is 1. The van der Waals surface area contributed by atoms with Crippen molar-refractivity contribution >= 4 is 35.5 Å². The van der Waals surface area contributed by atoms with E-state index in [1.165, 1.54) is 19.1 Å². The molecule has 16 heavy (non-hydrogen) atoms. The van der Waals surface area contributed by atoms with Crippen molar-refractivity contribution in [3.63, 3.8) is 0 Å². The lowest BCUT2D eigenvalue weighted by Crippen LogP contribution is -2.07. The van der Waals surface area contributed by atoms with Crippen LogP contribution in [-0.2, 0) is 4.79 Å². The summed E-state index contributed by atoms with van der Waals surface area (Å²) in [6, 6.07) is 6.28. The fourth-order valence-corrected chi connectivity index (χ4v) is 0.844. The van der Waals surface area contributed by atoms with Gasteiger partial charge in [0.1, 0.15) is 11.9 Å². The number of benzene rings is 1. The number of carbonyl (C=O) groups is 2. The molecule has 0 saturated heterocycles. The molecule has 0 aliphatic carbocycles. The number of thiol groups is 2. The Morgan fingerprint density at radius 2 is 1.69 bits per heavy atom. The lowest BCUT2D eigenvalue weighted by molar-refractivity contribution is -0.117. The van der Waals surface area contributed by atoms with Gasteiger partial charge in [-0.15, -0.1) is 25.3 Å². The Hall–Kier alpha value is -0.980. The molecule has 0 heterocycles. The first kappa shape index (κ1) is 15.0. The molecule has 0 aliphatic rings. The molecule has 1 aromatic carbocycles. The molecule has 1 rings (SSSR count). The van der Waals surface area contributed by atoms with Crippen molar-refractivity contribution < 1.29 is 19.8 Å². The van der Waals surface area contributed by atoms with Crippen molar-refractivity contribution in [3.05, 3.63) is 29.8 Å². The minimum atomic E-state index is -0.923. The number of aromatic hydroxyl groups is 1. The Bertz CT molecular complexity index is 377. The van der Waals surface area contributed by atoms with Gasteiger partial charge in [-0.05, 0) is 19.1 Å². The number of aliphatic hydroxyl groups is 1. The van der Waals surface area contributed by atoms with Gasteiger partial charge >= 0.3 is 0 Å². The predicted molar refractivity (Wildman–Crippen MR) is 67.1 cm³/mol. The van der Waals surface area contributed by atoms with E-state index in [1.807, 2.05) is 0 Å². The fourth-order valence-electron chi connectivity index (χ4n) is 0.654. The standard InChI is InChI=1S/C7H6O2S.C3H6O2S/c8-6-4-2-1-3-5(6)7(9)10;1-2(4)3(5)6/h1-4,8H,(H,9,10);2,4H,1H3,(H,5,6). The average Bonchev–Trinajstić information content (AvgIpc) is 2.18. The molecule has 0 saturated carbocycles. The topological polar surface area (TPSA) is 74.6 Å². The van der Waals surface area contributed by atoms with Crippen molar-refractivity contribution in [3.8, 4) is 5.75 Å². The molecular weight excluding hydrogens is 248 g/mol. The van der Waals surface area contributed by atoms with Gasteiger partial charge in [0.15, 0.2) is 0 Å². The van der Waals surface area contributed by atoms with Gasteiger partial charge in [-0.1, -0.05) is 12.1 Å². The van der Waals surface area contributed by atoms with Crippen LogP contribution in [-0.4, -0.2) is 26.5 Å². The number of phenolic OH excluding ortho intramolecular Hbond substituents is 1. The number of hydrogen-bond donors (Lipinski definition) is 4. The molecule has 4 nitrogen and oxygen atoms in total. The largest absolute Gasteiger partial charge is 0.507 e. The third-order valence-electron chi connectivity index (χ3n) is 1.49. The molecule has 0 amide bonds. The number of hydrogen-bond acceptors (Lipinski definition) is 4. The van der Waals surface area contributed by atoms with Crippen molar-refractivity contribution in [1.82, 2.24) is 0 Å². The Labute approximate surface area is 104 Å². The number of phenols is 1. The minimum Gasteiger partial charge on any atom is -0.507 e. The summed E-state index contributed by atoms with van der Waals surface area (Å²) < 4.78 is 0. The third kappa shape index (κ3) is 5.79. The summed E-state index contributed by atoms with van der Waals surface area (Å²) in [7, 11) is 0. The first-order valence-corrected chi connectivity index (χ1v) is 5.18.